The van der Waals surface area contributed by atoms with E-state index in [1.165, 1.54) is 30.5 Å². The second kappa shape index (κ2) is 7.86. The van der Waals surface area contributed by atoms with Crippen LogP contribution in [0.15, 0.2) is 47.1 Å². The van der Waals surface area contributed by atoms with Gasteiger partial charge in [0.15, 0.2) is 5.69 Å². The maximum Gasteiger partial charge on any atom is 0.435 e. The molecule has 0 saturated carbocycles. The first kappa shape index (κ1) is 20.0. The molecule has 2 aromatic heterocycles. The van der Waals surface area contributed by atoms with E-state index in [1.807, 2.05) is 0 Å². The van der Waals surface area contributed by atoms with Crippen LogP contribution in [0.5, 0.6) is 5.88 Å². The zero-order valence-electron chi connectivity index (χ0n) is 15.6. The Hall–Kier alpha value is -3.27. The van der Waals surface area contributed by atoms with Crippen LogP contribution in [0.4, 0.5) is 13.2 Å². The Morgan fingerprint density at radius 3 is 2.67 bits per heavy atom. The number of hydrogen-bond acceptors (Lipinski definition) is 6. The van der Waals surface area contributed by atoms with Gasteiger partial charge in [-0.15, -0.1) is 0 Å². The molecule has 1 unspecified atom stereocenters. The number of esters is 1. The molecule has 3 heterocycles. The van der Waals surface area contributed by atoms with Crippen molar-refractivity contribution >= 4 is 5.97 Å². The minimum Gasteiger partial charge on any atom is -0.477 e. The maximum absolute atomic E-state index is 13.8. The third kappa shape index (κ3) is 3.65. The number of rotatable bonds is 5. The molecule has 1 aromatic carbocycles. The van der Waals surface area contributed by atoms with Gasteiger partial charge in [-0.05, 0) is 42.8 Å². The predicted molar refractivity (Wildman–Crippen MR) is 96.6 cm³/mol. The molecule has 0 amide bonds. The molecule has 1 aliphatic heterocycles. The van der Waals surface area contributed by atoms with Crippen molar-refractivity contribution in [2.45, 2.75) is 18.5 Å². The summed E-state index contributed by atoms with van der Waals surface area (Å²) in [6.07, 6.45) is -2.95. The van der Waals surface area contributed by atoms with Gasteiger partial charge in [0.25, 0.3) is 0 Å². The van der Waals surface area contributed by atoms with Crippen molar-refractivity contribution in [2.24, 2.45) is 0 Å². The molecule has 1 N–H and O–H groups in total. The molecule has 3 aromatic rings. The number of aromatic nitrogens is 2. The molecule has 158 valence electrons. The molecule has 4 rings (SSSR count). The predicted octanol–water partition coefficient (Wildman–Crippen LogP) is 3.55. The van der Waals surface area contributed by atoms with Crippen molar-refractivity contribution in [1.29, 1.82) is 0 Å². The number of halogens is 3. The Kier molecular flexibility index (Phi) is 5.25. The van der Waals surface area contributed by atoms with Crippen molar-refractivity contribution in [3.8, 4) is 11.6 Å². The minimum absolute atomic E-state index is 0.00872. The lowest BCUT2D eigenvalue weighted by molar-refractivity contribution is -0.142. The number of ether oxygens (including phenoxy) is 2. The molecule has 0 fully saturated rings. The van der Waals surface area contributed by atoms with Gasteiger partial charge < -0.3 is 19.0 Å². The van der Waals surface area contributed by atoms with E-state index in [0.29, 0.717) is 17.9 Å². The Morgan fingerprint density at radius 2 is 2.03 bits per heavy atom. The van der Waals surface area contributed by atoms with Crippen molar-refractivity contribution in [3.63, 3.8) is 0 Å². The number of carbonyl (C=O) groups excluding carboxylic acids is 1. The molecule has 7 nitrogen and oxygen atoms in total. The Labute approximate surface area is 168 Å². The first-order valence-corrected chi connectivity index (χ1v) is 9.15. The summed E-state index contributed by atoms with van der Waals surface area (Å²) < 4.78 is 58.1. The third-order valence-electron chi connectivity index (χ3n) is 4.70. The first-order chi connectivity index (χ1) is 14.4. The fourth-order valence-electron chi connectivity index (χ4n) is 3.40. The number of furan rings is 1. The molecule has 10 heteroatoms. The minimum atomic E-state index is -4.69. The summed E-state index contributed by atoms with van der Waals surface area (Å²) in [4.78, 5) is 11.9. The molecule has 0 aliphatic carbocycles. The standard InChI is InChI=1S/C20H17F3N2O5/c21-20(22,23)17-16-14(15-2-1-9-28-15)7-10-29-18(16)25(24-17)13-5-3-12(4-6-13)19(27)30-11-8-26/h1-6,9,14,26H,7-8,10-11H2. The van der Waals surface area contributed by atoms with Crippen molar-refractivity contribution < 1.29 is 37.0 Å². The number of fused-ring (bicyclic) bond motifs is 1. The van der Waals surface area contributed by atoms with E-state index < -0.39 is 23.8 Å². The fourth-order valence-corrected chi connectivity index (χ4v) is 3.40. The zero-order valence-corrected chi connectivity index (χ0v) is 15.6. The molecular formula is C20H17F3N2O5. The van der Waals surface area contributed by atoms with Gasteiger partial charge in [0.2, 0.25) is 5.88 Å². The Morgan fingerprint density at radius 1 is 1.27 bits per heavy atom. The largest absolute Gasteiger partial charge is 0.477 e. The van der Waals surface area contributed by atoms with E-state index >= 15 is 0 Å². The van der Waals surface area contributed by atoms with Crippen LogP contribution in [0.2, 0.25) is 0 Å². The van der Waals surface area contributed by atoms with Gasteiger partial charge in [-0.3, -0.25) is 0 Å². The number of carbonyl (C=O) groups is 1. The van der Waals surface area contributed by atoms with Gasteiger partial charge in [-0.2, -0.15) is 18.3 Å². The number of aliphatic hydroxyl groups excluding tert-OH is 1. The number of hydrogen-bond donors (Lipinski definition) is 1. The van der Waals surface area contributed by atoms with Crippen LogP contribution in [-0.4, -0.2) is 40.7 Å². The number of aliphatic hydroxyl groups is 1. The highest BCUT2D eigenvalue weighted by atomic mass is 19.4. The highest BCUT2D eigenvalue weighted by Gasteiger charge is 2.44. The second-order valence-corrected chi connectivity index (χ2v) is 6.59. The molecule has 1 atom stereocenters. The highest BCUT2D eigenvalue weighted by Crippen LogP contribution is 2.46. The summed E-state index contributed by atoms with van der Waals surface area (Å²) >= 11 is 0. The zero-order chi connectivity index (χ0) is 21.3. The number of benzene rings is 1. The molecule has 0 radical (unpaired) electrons. The van der Waals surface area contributed by atoms with Crippen LogP contribution in [0, 0.1) is 0 Å². The normalized spacial score (nSPS) is 16.1. The van der Waals surface area contributed by atoms with Gasteiger partial charge >= 0.3 is 12.1 Å². The summed E-state index contributed by atoms with van der Waals surface area (Å²) in [6, 6.07) is 8.96. The lowest BCUT2D eigenvalue weighted by atomic mass is 9.91. The summed E-state index contributed by atoms with van der Waals surface area (Å²) in [6.45, 7) is -0.255. The lowest BCUT2D eigenvalue weighted by Crippen LogP contribution is -2.18. The van der Waals surface area contributed by atoms with Crippen molar-refractivity contribution in [2.75, 3.05) is 19.8 Å². The van der Waals surface area contributed by atoms with E-state index in [0.717, 1.165) is 4.68 Å². The van der Waals surface area contributed by atoms with Crippen LogP contribution in [0.3, 0.4) is 0 Å². The monoisotopic (exact) mass is 422 g/mol. The van der Waals surface area contributed by atoms with Crippen molar-refractivity contribution in [3.05, 3.63) is 65.2 Å². The second-order valence-electron chi connectivity index (χ2n) is 6.59. The summed E-state index contributed by atoms with van der Waals surface area (Å²) in [5, 5.41) is 12.5. The van der Waals surface area contributed by atoms with E-state index in [-0.39, 0.29) is 36.8 Å². The van der Waals surface area contributed by atoms with Crippen molar-refractivity contribution in [1.82, 2.24) is 9.78 Å². The first-order valence-electron chi connectivity index (χ1n) is 9.15. The summed E-state index contributed by atoms with van der Waals surface area (Å²) in [5.41, 5.74) is -0.626. The average molecular weight is 422 g/mol. The van der Waals surface area contributed by atoms with Gasteiger partial charge in [-0.25, -0.2) is 9.48 Å². The molecule has 0 bridgehead atoms. The van der Waals surface area contributed by atoms with Crippen LogP contribution in [-0.2, 0) is 10.9 Å². The Bertz CT molecular complexity index is 1030. The fraction of sp³-hybridized carbons (Fsp3) is 0.300. The quantitative estimate of drug-likeness (QED) is 0.633. The molecular weight excluding hydrogens is 405 g/mol. The number of alkyl halides is 3. The summed E-state index contributed by atoms with van der Waals surface area (Å²) in [7, 11) is 0. The van der Waals surface area contributed by atoms with E-state index in [4.69, 9.17) is 19.0 Å². The summed E-state index contributed by atoms with van der Waals surface area (Å²) in [5.74, 6) is -0.887. The van der Waals surface area contributed by atoms with Crippen LogP contribution in [0.1, 0.15) is 39.7 Å². The van der Waals surface area contributed by atoms with E-state index in [2.05, 4.69) is 5.10 Å². The molecule has 0 spiro atoms. The van der Waals surface area contributed by atoms with Gasteiger partial charge in [0.05, 0.1) is 42.2 Å². The highest BCUT2D eigenvalue weighted by molar-refractivity contribution is 5.89. The molecule has 1 aliphatic rings. The maximum atomic E-state index is 13.8. The van der Waals surface area contributed by atoms with Gasteiger partial charge in [0.1, 0.15) is 12.4 Å². The van der Waals surface area contributed by atoms with Crippen LogP contribution in [0.25, 0.3) is 5.69 Å². The SMILES string of the molecule is O=C(OCCO)c1ccc(-n2nc(C(F)(F)F)c3c2OCCC3c2ccco2)cc1. The average Bonchev–Trinajstić information content (AvgIpc) is 3.40. The van der Waals surface area contributed by atoms with E-state index in [9.17, 15) is 18.0 Å². The Balaban J connectivity index is 1.76. The number of nitrogens with zero attached hydrogens (tertiary/aromatic N) is 2. The topological polar surface area (TPSA) is 86.7 Å². The van der Waals surface area contributed by atoms with Gasteiger partial charge in [0, 0.05) is 0 Å². The van der Waals surface area contributed by atoms with Crippen LogP contribution < -0.4 is 4.74 Å². The van der Waals surface area contributed by atoms with Crippen LogP contribution >= 0.6 is 0 Å². The molecule has 30 heavy (non-hydrogen) atoms. The van der Waals surface area contributed by atoms with Gasteiger partial charge in [-0.1, -0.05) is 0 Å². The lowest BCUT2D eigenvalue weighted by Gasteiger charge is -2.23. The molecule has 0 saturated heterocycles. The smallest absolute Gasteiger partial charge is 0.435 e. The van der Waals surface area contributed by atoms with E-state index in [1.54, 1.807) is 12.1 Å². The third-order valence-corrected chi connectivity index (χ3v) is 4.70.